The number of hydrogen-bond donors (Lipinski definition) is 2. The number of carbonyl (C=O) groups is 2. The van der Waals surface area contributed by atoms with Crippen molar-refractivity contribution in [3.8, 4) is 0 Å². The van der Waals surface area contributed by atoms with E-state index in [4.69, 9.17) is 4.42 Å². The minimum Gasteiger partial charge on any atom is -0.469 e. The van der Waals surface area contributed by atoms with Gasteiger partial charge in [-0.3, -0.25) is 9.59 Å². The van der Waals surface area contributed by atoms with E-state index in [-0.39, 0.29) is 23.8 Å². The summed E-state index contributed by atoms with van der Waals surface area (Å²) in [5.74, 6) is 0.952. The summed E-state index contributed by atoms with van der Waals surface area (Å²) in [7, 11) is 0. The molecule has 2 aliphatic rings. The number of aryl methyl sites for hydroxylation is 1. The number of amides is 2. The summed E-state index contributed by atoms with van der Waals surface area (Å²) in [4.78, 5) is 26.7. The maximum Gasteiger partial charge on any atom is 0.255 e. The third-order valence-electron chi connectivity index (χ3n) is 4.89. The Kier molecular flexibility index (Phi) is 5.00. The second-order valence-electron chi connectivity index (χ2n) is 6.51. The van der Waals surface area contributed by atoms with E-state index in [1.807, 2.05) is 4.90 Å². The normalized spacial score (nSPS) is 22.8. The topological polar surface area (TPSA) is 74.6 Å². The van der Waals surface area contributed by atoms with Crippen LogP contribution in [0.1, 0.15) is 41.8 Å². The van der Waals surface area contributed by atoms with E-state index in [0.29, 0.717) is 11.3 Å². The Morgan fingerprint density at radius 3 is 2.70 bits per heavy atom. The Labute approximate surface area is 136 Å². The summed E-state index contributed by atoms with van der Waals surface area (Å²) in [6.07, 6.45) is 5.22. The number of nitrogens with zero attached hydrogens (tertiary/aromatic N) is 1. The monoisotopic (exact) mass is 319 g/mol. The fourth-order valence-corrected chi connectivity index (χ4v) is 3.45. The van der Waals surface area contributed by atoms with Gasteiger partial charge in [0.2, 0.25) is 5.91 Å². The Morgan fingerprint density at radius 1 is 1.30 bits per heavy atom. The van der Waals surface area contributed by atoms with E-state index in [1.165, 1.54) is 6.26 Å². The standard InChI is InChI=1S/C17H25N3O3/c1-12-15(6-10-23-12)16(21)19-14-4-8-20(9-5-14)17(22)13-3-2-7-18-11-13/h6,10,13-14,18H,2-5,7-9,11H2,1H3,(H,19,21). The Hall–Kier alpha value is -1.82. The molecule has 2 fully saturated rings. The zero-order valence-corrected chi connectivity index (χ0v) is 13.6. The number of likely N-dealkylation sites (tertiary alicyclic amines) is 1. The summed E-state index contributed by atoms with van der Waals surface area (Å²) in [6.45, 7) is 5.06. The average Bonchev–Trinajstić information content (AvgIpc) is 3.02. The third-order valence-corrected chi connectivity index (χ3v) is 4.89. The maximum atomic E-state index is 12.5. The van der Waals surface area contributed by atoms with Crippen LogP contribution < -0.4 is 10.6 Å². The maximum absolute atomic E-state index is 12.5. The van der Waals surface area contributed by atoms with Gasteiger partial charge in [0, 0.05) is 25.7 Å². The highest BCUT2D eigenvalue weighted by Gasteiger charge is 2.29. The number of furan rings is 1. The SMILES string of the molecule is Cc1occc1C(=O)NC1CCN(C(=O)C2CCCNC2)CC1. The highest BCUT2D eigenvalue weighted by molar-refractivity contribution is 5.95. The van der Waals surface area contributed by atoms with Crippen molar-refractivity contribution < 1.29 is 14.0 Å². The van der Waals surface area contributed by atoms with E-state index in [1.54, 1.807) is 13.0 Å². The first-order valence-corrected chi connectivity index (χ1v) is 8.49. The van der Waals surface area contributed by atoms with Gasteiger partial charge in [0.05, 0.1) is 17.7 Å². The minimum absolute atomic E-state index is 0.0856. The molecule has 2 saturated heterocycles. The average molecular weight is 319 g/mol. The van der Waals surface area contributed by atoms with E-state index in [0.717, 1.165) is 51.9 Å². The van der Waals surface area contributed by atoms with Gasteiger partial charge in [0.15, 0.2) is 0 Å². The molecule has 1 aromatic rings. The fraction of sp³-hybridized carbons (Fsp3) is 0.647. The van der Waals surface area contributed by atoms with Crippen LogP contribution in [0.3, 0.4) is 0 Å². The zero-order valence-electron chi connectivity index (χ0n) is 13.6. The van der Waals surface area contributed by atoms with Crippen LogP contribution in [-0.2, 0) is 4.79 Å². The smallest absolute Gasteiger partial charge is 0.255 e. The van der Waals surface area contributed by atoms with Gasteiger partial charge in [-0.15, -0.1) is 0 Å². The number of piperidine rings is 2. The van der Waals surface area contributed by atoms with Crippen LogP contribution in [0, 0.1) is 12.8 Å². The van der Waals surface area contributed by atoms with Crippen molar-refractivity contribution >= 4 is 11.8 Å². The highest BCUT2D eigenvalue weighted by Crippen LogP contribution is 2.18. The molecule has 0 spiro atoms. The third kappa shape index (κ3) is 3.75. The summed E-state index contributed by atoms with van der Waals surface area (Å²) < 4.78 is 5.17. The largest absolute Gasteiger partial charge is 0.469 e. The number of carbonyl (C=O) groups excluding carboxylic acids is 2. The molecule has 3 rings (SSSR count). The van der Waals surface area contributed by atoms with Crippen LogP contribution in [0.15, 0.2) is 16.7 Å². The highest BCUT2D eigenvalue weighted by atomic mass is 16.3. The second kappa shape index (κ2) is 7.17. The quantitative estimate of drug-likeness (QED) is 0.881. The zero-order chi connectivity index (χ0) is 16.2. The summed E-state index contributed by atoms with van der Waals surface area (Å²) >= 11 is 0. The predicted molar refractivity (Wildman–Crippen MR) is 86.1 cm³/mol. The van der Waals surface area contributed by atoms with E-state index in [2.05, 4.69) is 10.6 Å². The first-order valence-electron chi connectivity index (χ1n) is 8.49. The van der Waals surface area contributed by atoms with Gasteiger partial charge in [-0.05, 0) is 45.2 Å². The molecule has 6 heteroatoms. The predicted octanol–water partition coefficient (Wildman–Crippen LogP) is 1.31. The van der Waals surface area contributed by atoms with E-state index < -0.39 is 0 Å². The van der Waals surface area contributed by atoms with Crippen molar-refractivity contribution in [3.63, 3.8) is 0 Å². The van der Waals surface area contributed by atoms with Crippen molar-refractivity contribution in [3.05, 3.63) is 23.7 Å². The molecular formula is C17H25N3O3. The van der Waals surface area contributed by atoms with E-state index in [9.17, 15) is 9.59 Å². The van der Waals surface area contributed by atoms with Gasteiger partial charge in [0.1, 0.15) is 5.76 Å². The second-order valence-corrected chi connectivity index (χ2v) is 6.51. The first-order chi connectivity index (χ1) is 11.1. The van der Waals surface area contributed by atoms with Gasteiger partial charge < -0.3 is 20.0 Å². The lowest BCUT2D eigenvalue weighted by Crippen LogP contribution is -2.50. The van der Waals surface area contributed by atoms with Crippen LogP contribution in [0.4, 0.5) is 0 Å². The molecular weight excluding hydrogens is 294 g/mol. The van der Waals surface area contributed by atoms with Crippen molar-refractivity contribution in [2.75, 3.05) is 26.2 Å². The van der Waals surface area contributed by atoms with Crippen molar-refractivity contribution in [1.82, 2.24) is 15.5 Å². The molecule has 2 amide bonds. The van der Waals surface area contributed by atoms with Crippen LogP contribution in [0.25, 0.3) is 0 Å². The minimum atomic E-state index is -0.0856. The van der Waals surface area contributed by atoms with Gasteiger partial charge in [0.25, 0.3) is 5.91 Å². The van der Waals surface area contributed by atoms with Crippen molar-refractivity contribution in [2.24, 2.45) is 5.92 Å². The molecule has 23 heavy (non-hydrogen) atoms. The van der Waals surface area contributed by atoms with Crippen molar-refractivity contribution in [1.29, 1.82) is 0 Å². The van der Waals surface area contributed by atoms with Gasteiger partial charge in [-0.1, -0.05) is 0 Å². The number of nitrogens with one attached hydrogen (secondary N) is 2. The summed E-state index contributed by atoms with van der Waals surface area (Å²) in [6, 6.07) is 1.82. The molecule has 3 heterocycles. The number of hydrogen-bond acceptors (Lipinski definition) is 4. The molecule has 0 aliphatic carbocycles. The molecule has 0 saturated carbocycles. The molecule has 0 radical (unpaired) electrons. The molecule has 1 unspecified atom stereocenters. The lowest BCUT2D eigenvalue weighted by Gasteiger charge is -2.35. The lowest BCUT2D eigenvalue weighted by atomic mass is 9.96. The van der Waals surface area contributed by atoms with Crippen LogP contribution in [0.5, 0.6) is 0 Å². The Balaban J connectivity index is 1.47. The summed E-state index contributed by atoms with van der Waals surface area (Å²) in [5.41, 5.74) is 0.594. The fourth-order valence-electron chi connectivity index (χ4n) is 3.45. The van der Waals surface area contributed by atoms with E-state index >= 15 is 0 Å². The molecule has 6 nitrogen and oxygen atoms in total. The van der Waals surface area contributed by atoms with Gasteiger partial charge in [-0.25, -0.2) is 0 Å². The lowest BCUT2D eigenvalue weighted by molar-refractivity contribution is -0.137. The molecule has 0 aromatic carbocycles. The van der Waals surface area contributed by atoms with Crippen LogP contribution in [0.2, 0.25) is 0 Å². The van der Waals surface area contributed by atoms with Gasteiger partial charge >= 0.3 is 0 Å². The molecule has 2 N–H and O–H groups in total. The Morgan fingerprint density at radius 2 is 2.09 bits per heavy atom. The molecule has 126 valence electrons. The molecule has 2 aliphatic heterocycles. The Bertz CT molecular complexity index is 555. The molecule has 1 atom stereocenters. The summed E-state index contributed by atoms with van der Waals surface area (Å²) in [5, 5.41) is 6.35. The van der Waals surface area contributed by atoms with Crippen LogP contribution >= 0.6 is 0 Å². The molecule has 0 bridgehead atoms. The van der Waals surface area contributed by atoms with Crippen LogP contribution in [-0.4, -0.2) is 48.9 Å². The van der Waals surface area contributed by atoms with Gasteiger partial charge in [-0.2, -0.15) is 0 Å². The first kappa shape index (κ1) is 16.1. The van der Waals surface area contributed by atoms with Crippen molar-refractivity contribution in [2.45, 2.75) is 38.6 Å². The number of rotatable bonds is 3. The molecule has 1 aromatic heterocycles.